The smallest absolute Gasteiger partial charge is 0.408 e. The number of allylic oxidation sites excluding steroid dienone is 3. The first-order valence-corrected chi connectivity index (χ1v) is 18.7. The molecule has 0 aromatic heterocycles. The molecule has 14 heteroatoms. The number of methoxy groups -OCH3 is 2. The lowest BCUT2D eigenvalue weighted by Gasteiger charge is -2.25. The van der Waals surface area contributed by atoms with Gasteiger partial charge in [-0.15, -0.1) is 0 Å². The topological polar surface area (TPSA) is 185 Å². The van der Waals surface area contributed by atoms with Gasteiger partial charge in [-0.3, -0.25) is 4.79 Å². The average molecular weight is 795 g/mol. The molecule has 0 unspecified atom stereocenters. The van der Waals surface area contributed by atoms with Gasteiger partial charge in [-0.2, -0.15) is 0 Å². The predicted molar refractivity (Wildman–Crippen MR) is 216 cm³/mol. The van der Waals surface area contributed by atoms with Crippen LogP contribution in [0.15, 0.2) is 60.4 Å². The third-order valence-corrected chi connectivity index (χ3v) is 8.25. The molecule has 14 nitrogen and oxygen atoms in total. The molecule has 0 radical (unpaired) electrons. The van der Waals surface area contributed by atoms with Crippen molar-refractivity contribution in [3.63, 3.8) is 0 Å². The molecule has 0 aliphatic carbocycles. The summed E-state index contributed by atoms with van der Waals surface area (Å²) in [4.78, 5) is 63.8. The van der Waals surface area contributed by atoms with Crippen LogP contribution in [0.3, 0.4) is 0 Å². The Kier molecular flexibility index (Phi) is 17.9. The summed E-state index contributed by atoms with van der Waals surface area (Å²) in [6.45, 7) is 17.7. The minimum Gasteiger partial charge on any atom is -0.508 e. The van der Waals surface area contributed by atoms with Crippen molar-refractivity contribution in [1.82, 2.24) is 10.6 Å². The Bertz CT molecular complexity index is 1820. The summed E-state index contributed by atoms with van der Waals surface area (Å²) in [5.74, 6) is -2.09. The van der Waals surface area contributed by atoms with Crippen molar-refractivity contribution < 1.29 is 57.5 Å². The zero-order chi connectivity index (χ0) is 43.1. The molecule has 0 spiro atoms. The van der Waals surface area contributed by atoms with Crippen molar-refractivity contribution >= 4 is 42.1 Å². The maximum atomic E-state index is 13.1. The second kappa shape index (κ2) is 21.5. The number of esters is 2. The molecular weight excluding hydrogens is 736 g/mol. The van der Waals surface area contributed by atoms with Crippen LogP contribution in [-0.2, 0) is 23.9 Å². The second-order valence-electron chi connectivity index (χ2n) is 15.3. The number of ether oxygens (including phenoxy) is 6. The molecule has 0 saturated heterocycles. The van der Waals surface area contributed by atoms with E-state index in [1.54, 1.807) is 65.8 Å². The molecule has 0 aliphatic rings. The van der Waals surface area contributed by atoms with E-state index in [1.165, 1.54) is 50.7 Å². The molecule has 3 N–H and O–H groups in total. The van der Waals surface area contributed by atoms with Crippen LogP contribution >= 0.6 is 0 Å². The van der Waals surface area contributed by atoms with Crippen molar-refractivity contribution in [3.8, 4) is 23.0 Å². The highest BCUT2D eigenvalue weighted by Gasteiger charge is 2.32. The van der Waals surface area contributed by atoms with Crippen LogP contribution in [0.25, 0.3) is 12.2 Å². The molecule has 4 atom stereocenters. The molecule has 0 saturated carbocycles. The number of rotatable bonds is 17. The molecule has 2 aromatic carbocycles. The highest BCUT2D eigenvalue weighted by molar-refractivity contribution is 6.02. The SMILES string of the molecule is CC[C@H](C)[C@H](NC(=O)OC(C)(C)C)C(=O)Oc1ccc(/C=C/C(=O)/C=C(O)/C=C/c2ccc(OC(=O)[C@@H](NC(=O)OC(C)(C)C)[C@@H](C)CC)c(OC)c2)cc1OC. The van der Waals surface area contributed by atoms with Crippen molar-refractivity contribution in [2.75, 3.05) is 14.2 Å². The minimum absolute atomic E-state index is 0.112. The van der Waals surface area contributed by atoms with E-state index in [4.69, 9.17) is 28.4 Å². The lowest BCUT2D eigenvalue weighted by atomic mass is 9.99. The normalized spacial score (nSPS) is 14.2. The van der Waals surface area contributed by atoms with Gasteiger partial charge < -0.3 is 44.2 Å². The summed E-state index contributed by atoms with van der Waals surface area (Å²) in [6.07, 6.45) is 6.29. The Morgan fingerprint density at radius 2 is 1.04 bits per heavy atom. The number of ketones is 1. The van der Waals surface area contributed by atoms with Gasteiger partial charge in [0.05, 0.1) is 14.2 Å². The Hall–Kier alpha value is -5.79. The maximum Gasteiger partial charge on any atom is 0.408 e. The fourth-order valence-corrected chi connectivity index (χ4v) is 4.90. The number of amides is 2. The number of hydrogen-bond donors (Lipinski definition) is 3. The molecule has 0 bridgehead atoms. The van der Waals surface area contributed by atoms with Gasteiger partial charge in [0.1, 0.15) is 29.0 Å². The highest BCUT2D eigenvalue weighted by atomic mass is 16.6. The molecule has 0 heterocycles. The van der Waals surface area contributed by atoms with Gasteiger partial charge in [0.2, 0.25) is 0 Å². The number of aliphatic hydroxyl groups is 1. The van der Waals surface area contributed by atoms with E-state index in [0.717, 1.165) is 6.08 Å². The van der Waals surface area contributed by atoms with Crippen LogP contribution < -0.4 is 29.6 Å². The third-order valence-electron chi connectivity index (χ3n) is 8.25. The maximum absolute atomic E-state index is 13.1. The molecule has 2 amide bonds. The number of alkyl carbamates (subject to hydrolysis) is 2. The van der Waals surface area contributed by atoms with E-state index in [2.05, 4.69) is 10.6 Å². The summed E-state index contributed by atoms with van der Waals surface area (Å²) < 4.78 is 32.7. The van der Waals surface area contributed by atoms with Crippen molar-refractivity contribution in [2.45, 2.75) is 105 Å². The number of benzene rings is 2. The molecule has 0 aliphatic heterocycles. The van der Waals surface area contributed by atoms with Crippen LogP contribution in [0.4, 0.5) is 9.59 Å². The monoisotopic (exact) mass is 794 g/mol. The molecule has 57 heavy (non-hydrogen) atoms. The van der Waals surface area contributed by atoms with Gasteiger partial charge in [-0.1, -0.05) is 64.8 Å². The van der Waals surface area contributed by atoms with Gasteiger partial charge in [0.15, 0.2) is 28.8 Å². The molecule has 2 rings (SSSR count). The molecule has 312 valence electrons. The Labute approximate surface area is 335 Å². The lowest BCUT2D eigenvalue weighted by Crippen LogP contribution is -2.48. The standard InChI is InChI=1S/C43H58N2O12/c1-13-26(3)36(44-40(50)56-42(5,6)7)38(48)54-32-21-17-28(23-34(32)52-11)15-19-30(46)25-31(47)20-16-29-18-22-33(35(24-29)53-12)55-39(49)37(27(4)14-2)45-41(51)57-43(8,9)10/h15-27,36-37,46H,13-14H2,1-12H3,(H,44,50)(H,45,51)/b19-15+,20-16+,30-25-/t26-,27-,36-,37-/m0/s1. The average Bonchev–Trinajstić information content (AvgIpc) is 3.12. The summed E-state index contributed by atoms with van der Waals surface area (Å²) >= 11 is 0. The zero-order valence-electron chi connectivity index (χ0n) is 35.0. The largest absolute Gasteiger partial charge is 0.508 e. The summed E-state index contributed by atoms with van der Waals surface area (Å²) in [7, 11) is 2.80. The number of carbonyl (C=O) groups excluding carboxylic acids is 5. The van der Waals surface area contributed by atoms with Crippen LogP contribution in [0.5, 0.6) is 23.0 Å². The number of nitrogens with one attached hydrogen (secondary N) is 2. The predicted octanol–water partition coefficient (Wildman–Crippen LogP) is 8.13. The van der Waals surface area contributed by atoms with Crippen molar-refractivity contribution in [3.05, 3.63) is 71.5 Å². The zero-order valence-corrected chi connectivity index (χ0v) is 35.0. The summed E-state index contributed by atoms with van der Waals surface area (Å²) in [6, 6.07) is 7.42. The van der Waals surface area contributed by atoms with Gasteiger partial charge in [-0.05, 0) is 101 Å². The van der Waals surface area contributed by atoms with Crippen molar-refractivity contribution in [2.24, 2.45) is 11.8 Å². The lowest BCUT2D eigenvalue weighted by molar-refractivity contribution is -0.139. The summed E-state index contributed by atoms with van der Waals surface area (Å²) in [5, 5.41) is 15.6. The number of carbonyl (C=O) groups is 5. The Morgan fingerprint density at radius 3 is 1.39 bits per heavy atom. The third kappa shape index (κ3) is 16.5. The van der Waals surface area contributed by atoms with Crippen molar-refractivity contribution in [1.29, 1.82) is 0 Å². The van der Waals surface area contributed by atoms with Crippen LogP contribution in [0, 0.1) is 11.8 Å². The van der Waals surface area contributed by atoms with E-state index in [0.29, 0.717) is 24.0 Å². The Balaban J connectivity index is 2.13. The fourth-order valence-electron chi connectivity index (χ4n) is 4.90. The van der Waals surface area contributed by atoms with Crippen LogP contribution in [0.2, 0.25) is 0 Å². The summed E-state index contributed by atoms with van der Waals surface area (Å²) in [5.41, 5.74) is -0.399. The quantitative estimate of drug-likeness (QED) is 0.0460. The number of aliphatic hydroxyl groups excluding tert-OH is 1. The molecule has 0 fully saturated rings. The van der Waals surface area contributed by atoms with E-state index in [1.807, 2.05) is 27.7 Å². The fraction of sp³-hybridized carbons (Fsp3) is 0.465. The first-order chi connectivity index (χ1) is 26.6. The van der Waals surface area contributed by atoms with E-state index in [-0.39, 0.29) is 40.6 Å². The van der Waals surface area contributed by atoms with Gasteiger partial charge in [-0.25, -0.2) is 19.2 Å². The Morgan fingerprint density at radius 1 is 0.649 bits per heavy atom. The van der Waals surface area contributed by atoms with E-state index in [9.17, 15) is 29.1 Å². The van der Waals surface area contributed by atoms with Gasteiger partial charge in [0, 0.05) is 6.08 Å². The first kappa shape index (κ1) is 47.4. The van der Waals surface area contributed by atoms with E-state index < -0.39 is 53.2 Å². The van der Waals surface area contributed by atoms with Crippen LogP contribution in [0.1, 0.15) is 93.2 Å². The van der Waals surface area contributed by atoms with Gasteiger partial charge >= 0.3 is 24.1 Å². The van der Waals surface area contributed by atoms with Gasteiger partial charge in [0.25, 0.3) is 0 Å². The highest BCUT2D eigenvalue weighted by Crippen LogP contribution is 2.31. The molecular formula is C43H58N2O12. The molecule has 2 aromatic rings. The second-order valence-corrected chi connectivity index (χ2v) is 15.3. The number of hydrogen-bond acceptors (Lipinski definition) is 12. The first-order valence-electron chi connectivity index (χ1n) is 18.7. The minimum atomic E-state index is -0.977. The van der Waals surface area contributed by atoms with E-state index >= 15 is 0 Å². The van der Waals surface area contributed by atoms with Crippen LogP contribution in [-0.4, -0.2) is 72.5 Å².